The second-order valence-electron chi connectivity index (χ2n) is 3.20. The molecule has 0 amide bonds. The maximum Gasteiger partial charge on any atom is 0.323 e. The van der Waals surface area contributed by atoms with Gasteiger partial charge < -0.3 is 10.1 Å². The highest BCUT2D eigenvalue weighted by molar-refractivity contribution is 9.09. The lowest BCUT2D eigenvalue weighted by molar-refractivity contribution is -0.149. The number of carbonyl (C=O) groups excluding carboxylic acids is 1. The third-order valence-corrected chi connectivity index (χ3v) is 2.03. The molecule has 0 fully saturated rings. The Hall–Kier alpha value is -0.0900. The van der Waals surface area contributed by atoms with Gasteiger partial charge in [-0.2, -0.15) is 0 Å². The first kappa shape index (κ1) is 12.9. The zero-order valence-corrected chi connectivity index (χ0v) is 10.1. The minimum Gasteiger partial charge on any atom is -0.462 e. The van der Waals surface area contributed by atoms with Crippen molar-refractivity contribution in [2.75, 3.05) is 11.9 Å². The topological polar surface area (TPSA) is 38.3 Å². The second kappa shape index (κ2) is 7.33. The standard InChI is InChI=1S/C9H18BrNO2/c1-7(2)13-9(12)8(3)11-6-4-5-10/h7-8,11H,4-6H2,1-3H3. The Morgan fingerprint density at radius 1 is 1.46 bits per heavy atom. The lowest BCUT2D eigenvalue weighted by atomic mass is 10.3. The van der Waals surface area contributed by atoms with Gasteiger partial charge in [-0.1, -0.05) is 15.9 Å². The highest BCUT2D eigenvalue weighted by atomic mass is 79.9. The molecule has 0 bridgehead atoms. The molecular formula is C9H18BrNO2. The molecule has 1 unspecified atom stereocenters. The van der Waals surface area contributed by atoms with Gasteiger partial charge in [0.2, 0.25) is 0 Å². The van der Waals surface area contributed by atoms with Crippen molar-refractivity contribution in [2.24, 2.45) is 0 Å². The summed E-state index contributed by atoms with van der Waals surface area (Å²) in [5.74, 6) is -0.176. The summed E-state index contributed by atoms with van der Waals surface area (Å²) in [6.07, 6.45) is 0.979. The molecule has 0 aliphatic carbocycles. The van der Waals surface area contributed by atoms with Gasteiger partial charge in [0, 0.05) is 5.33 Å². The molecule has 13 heavy (non-hydrogen) atoms. The van der Waals surface area contributed by atoms with Crippen molar-refractivity contribution in [3.05, 3.63) is 0 Å². The third kappa shape index (κ3) is 7.02. The van der Waals surface area contributed by atoms with E-state index in [9.17, 15) is 4.79 Å². The van der Waals surface area contributed by atoms with E-state index < -0.39 is 0 Å². The van der Waals surface area contributed by atoms with Crippen LogP contribution in [0, 0.1) is 0 Å². The SMILES string of the molecule is CC(C)OC(=O)C(C)NCCCBr. The van der Waals surface area contributed by atoms with E-state index in [1.807, 2.05) is 20.8 Å². The molecule has 0 saturated heterocycles. The molecule has 0 aromatic carbocycles. The van der Waals surface area contributed by atoms with E-state index in [0.717, 1.165) is 18.3 Å². The van der Waals surface area contributed by atoms with Crippen LogP contribution in [0.3, 0.4) is 0 Å². The van der Waals surface area contributed by atoms with Crippen LogP contribution in [-0.2, 0) is 9.53 Å². The number of hydrogen-bond donors (Lipinski definition) is 1. The highest BCUT2D eigenvalue weighted by Gasteiger charge is 2.13. The molecule has 1 atom stereocenters. The van der Waals surface area contributed by atoms with Crippen LogP contribution in [0.15, 0.2) is 0 Å². The molecule has 0 rings (SSSR count). The average molecular weight is 252 g/mol. The fourth-order valence-corrected chi connectivity index (χ4v) is 1.08. The third-order valence-electron chi connectivity index (χ3n) is 1.47. The Bertz CT molecular complexity index is 151. The average Bonchev–Trinajstić information content (AvgIpc) is 2.03. The van der Waals surface area contributed by atoms with Gasteiger partial charge in [0.05, 0.1) is 6.10 Å². The molecule has 0 saturated carbocycles. The van der Waals surface area contributed by atoms with Gasteiger partial charge in [0.1, 0.15) is 6.04 Å². The zero-order chi connectivity index (χ0) is 10.3. The molecular weight excluding hydrogens is 234 g/mol. The maximum absolute atomic E-state index is 11.3. The number of ether oxygens (including phenoxy) is 1. The number of halogens is 1. The van der Waals surface area contributed by atoms with Gasteiger partial charge in [-0.25, -0.2) is 0 Å². The Kier molecular flexibility index (Phi) is 7.28. The van der Waals surface area contributed by atoms with E-state index in [4.69, 9.17) is 4.74 Å². The van der Waals surface area contributed by atoms with Crippen molar-refractivity contribution in [1.82, 2.24) is 5.32 Å². The first-order chi connectivity index (χ1) is 6.07. The predicted octanol–water partition coefficient (Wildman–Crippen LogP) is 1.70. The normalized spacial score (nSPS) is 13.0. The van der Waals surface area contributed by atoms with Crippen LogP contribution in [-0.4, -0.2) is 30.0 Å². The number of esters is 1. The van der Waals surface area contributed by atoms with Crippen LogP contribution in [0.25, 0.3) is 0 Å². The zero-order valence-electron chi connectivity index (χ0n) is 8.47. The van der Waals surface area contributed by atoms with Crippen LogP contribution in [0.5, 0.6) is 0 Å². The van der Waals surface area contributed by atoms with Crippen molar-refractivity contribution in [3.8, 4) is 0 Å². The summed E-state index contributed by atoms with van der Waals surface area (Å²) in [6.45, 7) is 6.35. The van der Waals surface area contributed by atoms with Gasteiger partial charge >= 0.3 is 5.97 Å². The van der Waals surface area contributed by atoms with E-state index in [1.165, 1.54) is 0 Å². The highest BCUT2D eigenvalue weighted by Crippen LogP contribution is 1.94. The first-order valence-corrected chi connectivity index (χ1v) is 5.70. The fraction of sp³-hybridized carbons (Fsp3) is 0.889. The first-order valence-electron chi connectivity index (χ1n) is 4.57. The molecule has 0 radical (unpaired) electrons. The van der Waals surface area contributed by atoms with E-state index in [0.29, 0.717) is 0 Å². The molecule has 0 spiro atoms. The Labute approximate surface area is 88.4 Å². The van der Waals surface area contributed by atoms with Gasteiger partial charge in [-0.05, 0) is 33.7 Å². The van der Waals surface area contributed by atoms with Crippen LogP contribution < -0.4 is 5.32 Å². The van der Waals surface area contributed by atoms with Gasteiger partial charge in [-0.15, -0.1) is 0 Å². The van der Waals surface area contributed by atoms with Crippen LogP contribution in [0.4, 0.5) is 0 Å². The molecule has 0 aromatic rings. The number of nitrogens with one attached hydrogen (secondary N) is 1. The smallest absolute Gasteiger partial charge is 0.323 e. The molecule has 0 aromatic heterocycles. The van der Waals surface area contributed by atoms with Crippen LogP contribution in [0.2, 0.25) is 0 Å². The molecule has 0 aliphatic rings. The minimum atomic E-state index is -0.207. The largest absolute Gasteiger partial charge is 0.462 e. The van der Waals surface area contributed by atoms with Crippen LogP contribution >= 0.6 is 15.9 Å². The monoisotopic (exact) mass is 251 g/mol. The Balaban J connectivity index is 3.57. The van der Waals surface area contributed by atoms with Crippen molar-refractivity contribution >= 4 is 21.9 Å². The van der Waals surface area contributed by atoms with Gasteiger partial charge in [0.25, 0.3) is 0 Å². The molecule has 4 heteroatoms. The summed E-state index contributed by atoms with van der Waals surface area (Å²) in [7, 11) is 0. The summed E-state index contributed by atoms with van der Waals surface area (Å²) < 4.78 is 5.03. The minimum absolute atomic E-state index is 0.0343. The molecule has 3 nitrogen and oxygen atoms in total. The fourth-order valence-electron chi connectivity index (χ4n) is 0.803. The quantitative estimate of drug-likeness (QED) is 0.444. The van der Waals surface area contributed by atoms with E-state index in [1.54, 1.807) is 0 Å². The number of hydrogen-bond acceptors (Lipinski definition) is 3. The van der Waals surface area contributed by atoms with E-state index in [-0.39, 0.29) is 18.1 Å². The lowest BCUT2D eigenvalue weighted by Gasteiger charge is -2.14. The van der Waals surface area contributed by atoms with Crippen molar-refractivity contribution < 1.29 is 9.53 Å². The predicted molar refractivity (Wildman–Crippen MR) is 57.1 cm³/mol. The molecule has 1 N–H and O–H groups in total. The summed E-state index contributed by atoms with van der Waals surface area (Å²) in [4.78, 5) is 11.3. The number of alkyl halides is 1. The van der Waals surface area contributed by atoms with E-state index >= 15 is 0 Å². The Morgan fingerprint density at radius 3 is 2.54 bits per heavy atom. The number of rotatable bonds is 6. The summed E-state index contributed by atoms with van der Waals surface area (Å²) in [5, 5.41) is 4.03. The van der Waals surface area contributed by atoms with Crippen LogP contribution in [0.1, 0.15) is 27.2 Å². The van der Waals surface area contributed by atoms with Gasteiger partial charge in [-0.3, -0.25) is 4.79 Å². The van der Waals surface area contributed by atoms with Crippen molar-refractivity contribution in [1.29, 1.82) is 0 Å². The van der Waals surface area contributed by atoms with Gasteiger partial charge in [0.15, 0.2) is 0 Å². The molecule has 78 valence electrons. The summed E-state index contributed by atoms with van der Waals surface area (Å²) >= 11 is 3.32. The van der Waals surface area contributed by atoms with Crippen molar-refractivity contribution in [2.45, 2.75) is 39.3 Å². The maximum atomic E-state index is 11.3. The van der Waals surface area contributed by atoms with Crippen molar-refractivity contribution in [3.63, 3.8) is 0 Å². The molecule has 0 heterocycles. The molecule has 0 aliphatic heterocycles. The lowest BCUT2D eigenvalue weighted by Crippen LogP contribution is -2.37. The Morgan fingerprint density at radius 2 is 2.08 bits per heavy atom. The second-order valence-corrected chi connectivity index (χ2v) is 4.00. The number of carbonyl (C=O) groups is 1. The summed E-state index contributed by atoms with van der Waals surface area (Å²) in [6, 6.07) is -0.207. The van der Waals surface area contributed by atoms with E-state index in [2.05, 4.69) is 21.2 Å². The summed E-state index contributed by atoms with van der Waals surface area (Å²) in [5.41, 5.74) is 0.